The van der Waals surface area contributed by atoms with Crippen molar-refractivity contribution in [3.8, 4) is 0 Å². The molecule has 1 aliphatic rings. The molecule has 0 saturated heterocycles. The fraction of sp³-hybridized carbons (Fsp3) is 0.316. The molecular weight excluding hydrogens is 258 g/mol. The van der Waals surface area contributed by atoms with E-state index in [2.05, 4.69) is 48.6 Å². The highest BCUT2D eigenvalue weighted by molar-refractivity contribution is 5.88. The van der Waals surface area contributed by atoms with Gasteiger partial charge in [0.15, 0.2) is 0 Å². The average molecular weight is 279 g/mol. The molecule has 0 fully saturated rings. The van der Waals surface area contributed by atoms with Gasteiger partial charge in [-0.3, -0.25) is 4.79 Å². The first-order chi connectivity index (χ1) is 10.3. The van der Waals surface area contributed by atoms with Crippen LogP contribution in [0.3, 0.4) is 0 Å². The zero-order valence-corrected chi connectivity index (χ0v) is 12.4. The molecular formula is C19H21NO. The Hall–Kier alpha value is -1.93. The van der Waals surface area contributed by atoms with Gasteiger partial charge in [-0.15, -0.1) is 0 Å². The molecule has 0 bridgehead atoms. The lowest BCUT2D eigenvalue weighted by atomic mass is 9.85. The lowest BCUT2D eigenvalue weighted by Gasteiger charge is -2.25. The van der Waals surface area contributed by atoms with E-state index in [1.807, 2.05) is 12.1 Å². The van der Waals surface area contributed by atoms with E-state index in [1.54, 1.807) is 0 Å². The van der Waals surface area contributed by atoms with Crippen molar-refractivity contribution in [2.45, 2.75) is 32.2 Å². The van der Waals surface area contributed by atoms with E-state index in [0.29, 0.717) is 12.2 Å². The molecule has 0 spiro atoms. The van der Waals surface area contributed by atoms with Crippen molar-refractivity contribution < 1.29 is 4.79 Å². The number of ketones is 1. The number of rotatable bonds is 4. The minimum absolute atomic E-state index is 0.0131. The number of carbonyl (C=O) groups excluding carboxylic acids is 1. The third-order valence-electron chi connectivity index (χ3n) is 4.29. The Kier molecular flexibility index (Phi) is 4.16. The Morgan fingerprint density at radius 1 is 1.10 bits per heavy atom. The first-order valence-electron chi connectivity index (χ1n) is 7.67. The summed E-state index contributed by atoms with van der Waals surface area (Å²) in [4.78, 5) is 12.6. The Balaban J connectivity index is 1.76. The number of aryl methyl sites for hydroxylation is 1. The van der Waals surface area contributed by atoms with Gasteiger partial charge in [0.1, 0.15) is 5.78 Å². The lowest BCUT2D eigenvalue weighted by molar-refractivity contribution is -0.119. The maximum Gasteiger partial charge on any atom is 0.145 e. The molecule has 1 unspecified atom stereocenters. The molecule has 0 saturated carbocycles. The van der Waals surface area contributed by atoms with E-state index in [1.165, 1.54) is 16.7 Å². The third-order valence-corrected chi connectivity index (χ3v) is 4.29. The third kappa shape index (κ3) is 3.06. The predicted molar refractivity (Wildman–Crippen MR) is 85.4 cm³/mol. The molecule has 2 aromatic carbocycles. The van der Waals surface area contributed by atoms with E-state index in [-0.39, 0.29) is 5.92 Å². The van der Waals surface area contributed by atoms with Crippen molar-refractivity contribution in [2.75, 3.05) is 6.54 Å². The second-order valence-electron chi connectivity index (χ2n) is 5.70. The van der Waals surface area contributed by atoms with Crippen LogP contribution < -0.4 is 5.32 Å². The largest absolute Gasteiger partial charge is 0.312 e. The van der Waals surface area contributed by atoms with Crippen LogP contribution in [0.2, 0.25) is 0 Å². The monoisotopic (exact) mass is 279 g/mol. The van der Waals surface area contributed by atoms with E-state index in [4.69, 9.17) is 0 Å². The first kappa shape index (κ1) is 14.0. The van der Waals surface area contributed by atoms with E-state index < -0.39 is 0 Å². The number of nitrogens with one attached hydrogen (secondary N) is 1. The SMILES string of the molecule is CCc1ccc(CC(=O)C2CNCc3ccccc32)cc1. The van der Waals surface area contributed by atoms with Crippen LogP contribution in [-0.2, 0) is 24.2 Å². The number of fused-ring (bicyclic) bond motifs is 1. The summed E-state index contributed by atoms with van der Waals surface area (Å²) < 4.78 is 0. The number of carbonyl (C=O) groups is 1. The zero-order chi connectivity index (χ0) is 14.7. The van der Waals surface area contributed by atoms with E-state index >= 15 is 0 Å². The van der Waals surface area contributed by atoms with Crippen LogP contribution in [0.5, 0.6) is 0 Å². The molecule has 1 heterocycles. The summed E-state index contributed by atoms with van der Waals surface area (Å²) in [7, 11) is 0. The van der Waals surface area contributed by atoms with Crippen molar-refractivity contribution in [3.05, 3.63) is 70.8 Å². The van der Waals surface area contributed by atoms with Gasteiger partial charge in [-0.1, -0.05) is 55.5 Å². The number of hydrogen-bond acceptors (Lipinski definition) is 2. The molecule has 1 atom stereocenters. The van der Waals surface area contributed by atoms with Gasteiger partial charge in [0.05, 0.1) is 5.92 Å². The standard InChI is InChI=1S/C19H21NO/c1-2-14-7-9-15(10-8-14)11-19(21)18-13-20-12-16-5-3-4-6-17(16)18/h3-10,18,20H,2,11-13H2,1H3. The molecule has 1 N–H and O–H groups in total. The molecule has 0 aromatic heterocycles. The van der Waals surface area contributed by atoms with Crippen molar-refractivity contribution in [1.29, 1.82) is 0 Å². The number of hydrogen-bond donors (Lipinski definition) is 1. The van der Waals surface area contributed by atoms with E-state index in [0.717, 1.165) is 25.1 Å². The molecule has 3 rings (SSSR count). The molecule has 2 nitrogen and oxygen atoms in total. The Labute approximate surface area is 126 Å². The smallest absolute Gasteiger partial charge is 0.145 e. The topological polar surface area (TPSA) is 29.1 Å². The molecule has 0 aliphatic carbocycles. The van der Waals surface area contributed by atoms with Crippen LogP contribution in [0, 0.1) is 0 Å². The van der Waals surface area contributed by atoms with Gasteiger partial charge < -0.3 is 5.32 Å². The average Bonchev–Trinajstić information content (AvgIpc) is 2.55. The normalized spacial score (nSPS) is 17.3. The fourth-order valence-corrected chi connectivity index (χ4v) is 3.00. The Morgan fingerprint density at radius 2 is 1.81 bits per heavy atom. The van der Waals surface area contributed by atoms with Gasteiger partial charge in [0.2, 0.25) is 0 Å². The molecule has 108 valence electrons. The minimum Gasteiger partial charge on any atom is -0.312 e. The van der Waals surface area contributed by atoms with Crippen molar-refractivity contribution in [2.24, 2.45) is 0 Å². The molecule has 2 heteroatoms. The summed E-state index contributed by atoms with van der Waals surface area (Å²) >= 11 is 0. The highest BCUT2D eigenvalue weighted by Gasteiger charge is 2.25. The maximum atomic E-state index is 12.6. The fourth-order valence-electron chi connectivity index (χ4n) is 3.00. The van der Waals surface area contributed by atoms with Crippen LogP contribution in [-0.4, -0.2) is 12.3 Å². The summed E-state index contributed by atoms with van der Waals surface area (Å²) in [6.07, 6.45) is 1.55. The van der Waals surface area contributed by atoms with Gasteiger partial charge >= 0.3 is 0 Å². The predicted octanol–water partition coefficient (Wildman–Crippen LogP) is 3.25. The van der Waals surface area contributed by atoms with E-state index in [9.17, 15) is 4.79 Å². The van der Waals surface area contributed by atoms with Crippen LogP contribution in [0.4, 0.5) is 0 Å². The quantitative estimate of drug-likeness (QED) is 0.931. The Morgan fingerprint density at radius 3 is 2.57 bits per heavy atom. The van der Waals surface area contributed by atoms with Crippen LogP contribution in [0.25, 0.3) is 0 Å². The highest BCUT2D eigenvalue weighted by Crippen LogP contribution is 2.25. The summed E-state index contributed by atoms with van der Waals surface area (Å²) in [6, 6.07) is 16.7. The van der Waals surface area contributed by atoms with Gasteiger partial charge in [-0.05, 0) is 28.7 Å². The van der Waals surface area contributed by atoms with Crippen LogP contribution >= 0.6 is 0 Å². The van der Waals surface area contributed by atoms with Gasteiger partial charge in [-0.2, -0.15) is 0 Å². The molecule has 0 radical (unpaired) electrons. The van der Waals surface area contributed by atoms with Gasteiger partial charge in [-0.25, -0.2) is 0 Å². The summed E-state index contributed by atoms with van der Waals surface area (Å²) in [5.41, 5.74) is 4.88. The summed E-state index contributed by atoms with van der Waals surface area (Å²) in [5.74, 6) is 0.291. The minimum atomic E-state index is -0.0131. The molecule has 21 heavy (non-hydrogen) atoms. The lowest BCUT2D eigenvalue weighted by Crippen LogP contribution is -2.33. The zero-order valence-electron chi connectivity index (χ0n) is 12.4. The maximum absolute atomic E-state index is 12.6. The van der Waals surface area contributed by atoms with Crippen molar-refractivity contribution in [3.63, 3.8) is 0 Å². The number of benzene rings is 2. The second kappa shape index (κ2) is 6.23. The summed E-state index contributed by atoms with van der Waals surface area (Å²) in [6.45, 7) is 3.76. The van der Waals surface area contributed by atoms with Crippen molar-refractivity contribution >= 4 is 5.78 Å². The van der Waals surface area contributed by atoms with Gasteiger partial charge in [0, 0.05) is 19.5 Å². The molecule has 1 aliphatic heterocycles. The highest BCUT2D eigenvalue weighted by atomic mass is 16.1. The molecule has 2 aromatic rings. The first-order valence-corrected chi connectivity index (χ1v) is 7.67. The van der Waals surface area contributed by atoms with Crippen molar-refractivity contribution in [1.82, 2.24) is 5.32 Å². The molecule has 0 amide bonds. The second-order valence-corrected chi connectivity index (χ2v) is 5.70. The van der Waals surface area contributed by atoms with Crippen LogP contribution in [0.15, 0.2) is 48.5 Å². The Bertz CT molecular complexity index is 630. The van der Waals surface area contributed by atoms with Crippen LogP contribution in [0.1, 0.15) is 35.1 Å². The number of Topliss-reactive ketones (excluding diaryl/α,β-unsaturated/α-hetero) is 1. The summed E-state index contributed by atoms with van der Waals surface area (Å²) in [5, 5.41) is 3.36. The van der Waals surface area contributed by atoms with Gasteiger partial charge in [0.25, 0.3) is 0 Å².